The van der Waals surface area contributed by atoms with Crippen molar-refractivity contribution < 1.29 is 14.4 Å². The molecule has 1 N–H and O–H groups in total. The van der Waals surface area contributed by atoms with E-state index in [1.54, 1.807) is 31.6 Å². The van der Waals surface area contributed by atoms with Crippen LogP contribution in [0.1, 0.15) is 9.67 Å². The highest BCUT2D eigenvalue weighted by molar-refractivity contribution is 7.12. The Morgan fingerprint density at radius 1 is 1.21 bits per heavy atom. The van der Waals surface area contributed by atoms with Gasteiger partial charge in [-0.25, -0.2) is 0 Å². The molecular formula is C12H17N3O3S. The number of thiophene rings is 1. The quantitative estimate of drug-likeness (QED) is 0.828. The summed E-state index contributed by atoms with van der Waals surface area (Å²) in [6.07, 6.45) is 0. The molecule has 0 saturated carbocycles. The fourth-order valence-corrected chi connectivity index (χ4v) is 1.86. The Balaban J connectivity index is 2.39. The molecule has 0 aliphatic carbocycles. The van der Waals surface area contributed by atoms with Gasteiger partial charge in [-0.1, -0.05) is 6.07 Å². The van der Waals surface area contributed by atoms with Crippen LogP contribution in [0.15, 0.2) is 17.5 Å². The average molecular weight is 283 g/mol. The maximum Gasteiger partial charge on any atom is 0.261 e. The number of amides is 3. The van der Waals surface area contributed by atoms with Gasteiger partial charge in [0, 0.05) is 21.1 Å². The Morgan fingerprint density at radius 2 is 1.89 bits per heavy atom. The van der Waals surface area contributed by atoms with E-state index in [2.05, 4.69) is 5.32 Å². The zero-order valence-corrected chi connectivity index (χ0v) is 12.0. The Labute approximate surface area is 116 Å². The van der Waals surface area contributed by atoms with Crippen molar-refractivity contribution in [1.82, 2.24) is 15.1 Å². The largest absolute Gasteiger partial charge is 0.347 e. The molecule has 0 saturated heterocycles. The summed E-state index contributed by atoms with van der Waals surface area (Å²) in [6, 6.07) is 3.45. The molecule has 3 amide bonds. The summed E-state index contributed by atoms with van der Waals surface area (Å²) in [5.74, 6) is -0.753. The summed E-state index contributed by atoms with van der Waals surface area (Å²) in [5.41, 5.74) is 0. The summed E-state index contributed by atoms with van der Waals surface area (Å²) >= 11 is 1.31. The van der Waals surface area contributed by atoms with Gasteiger partial charge in [-0.15, -0.1) is 11.3 Å². The van der Waals surface area contributed by atoms with Crippen LogP contribution in [0.4, 0.5) is 0 Å². The SMILES string of the molecule is CN(C)C(=O)CN(C)C(=O)CNC(=O)c1cccs1. The van der Waals surface area contributed by atoms with Crippen LogP contribution in [-0.4, -0.2) is 61.8 Å². The second-order valence-electron chi connectivity index (χ2n) is 4.20. The standard InChI is InChI=1S/C12H17N3O3S/c1-14(2)11(17)8-15(3)10(16)7-13-12(18)9-5-4-6-19-9/h4-6H,7-8H2,1-3H3,(H,13,18). The number of hydrogen-bond acceptors (Lipinski definition) is 4. The molecule has 6 nitrogen and oxygen atoms in total. The lowest BCUT2D eigenvalue weighted by Crippen LogP contribution is -2.42. The topological polar surface area (TPSA) is 69.7 Å². The smallest absolute Gasteiger partial charge is 0.261 e. The van der Waals surface area contributed by atoms with Crippen LogP contribution in [-0.2, 0) is 9.59 Å². The van der Waals surface area contributed by atoms with Gasteiger partial charge in [-0.05, 0) is 11.4 Å². The zero-order chi connectivity index (χ0) is 14.4. The molecule has 0 radical (unpaired) electrons. The van der Waals surface area contributed by atoms with E-state index >= 15 is 0 Å². The Hall–Kier alpha value is -1.89. The molecule has 19 heavy (non-hydrogen) atoms. The third-order valence-corrected chi connectivity index (χ3v) is 3.31. The van der Waals surface area contributed by atoms with Crippen LogP contribution < -0.4 is 5.32 Å². The van der Waals surface area contributed by atoms with Gasteiger partial charge in [0.05, 0.1) is 18.0 Å². The number of carbonyl (C=O) groups is 3. The lowest BCUT2D eigenvalue weighted by atomic mass is 10.4. The minimum Gasteiger partial charge on any atom is -0.347 e. The van der Waals surface area contributed by atoms with Crippen LogP contribution in [0.5, 0.6) is 0 Å². The van der Waals surface area contributed by atoms with E-state index in [0.717, 1.165) is 0 Å². The molecular weight excluding hydrogens is 266 g/mol. The first-order valence-electron chi connectivity index (χ1n) is 5.67. The molecule has 0 spiro atoms. The molecule has 1 heterocycles. The lowest BCUT2D eigenvalue weighted by molar-refractivity contribution is -0.137. The highest BCUT2D eigenvalue weighted by Crippen LogP contribution is 2.07. The maximum absolute atomic E-state index is 11.7. The normalized spacial score (nSPS) is 9.84. The summed E-state index contributed by atoms with van der Waals surface area (Å²) in [4.78, 5) is 38.0. The molecule has 0 fully saturated rings. The van der Waals surface area contributed by atoms with Crippen molar-refractivity contribution >= 4 is 29.1 Å². The number of rotatable bonds is 5. The number of carbonyl (C=O) groups excluding carboxylic acids is 3. The molecule has 0 aliphatic rings. The van der Waals surface area contributed by atoms with Crippen molar-refractivity contribution in [2.45, 2.75) is 0 Å². The fraction of sp³-hybridized carbons (Fsp3) is 0.417. The van der Waals surface area contributed by atoms with E-state index in [-0.39, 0.29) is 30.8 Å². The molecule has 0 unspecified atom stereocenters. The number of nitrogens with zero attached hydrogens (tertiary/aromatic N) is 2. The van der Waals surface area contributed by atoms with E-state index < -0.39 is 0 Å². The van der Waals surface area contributed by atoms with Gasteiger partial charge in [-0.2, -0.15) is 0 Å². The van der Waals surface area contributed by atoms with Gasteiger partial charge in [0.1, 0.15) is 0 Å². The zero-order valence-electron chi connectivity index (χ0n) is 11.2. The van der Waals surface area contributed by atoms with Gasteiger partial charge in [-0.3, -0.25) is 14.4 Å². The molecule has 1 aromatic rings. The third kappa shape index (κ3) is 4.70. The molecule has 0 aliphatic heterocycles. The van der Waals surface area contributed by atoms with Gasteiger partial charge < -0.3 is 15.1 Å². The first-order chi connectivity index (χ1) is 8.91. The monoisotopic (exact) mass is 283 g/mol. The van der Waals surface area contributed by atoms with E-state index in [1.807, 2.05) is 0 Å². The molecule has 1 rings (SSSR count). The molecule has 0 bridgehead atoms. The predicted octanol–water partition coefficient (Wildman–Crippen LogP) is 0.0245. The van der Waals surface area contributed by atoms with Crippen LogP contribution in [0, 0.1) is 0 Å². The number of likely N-dealkylation sites (N-methyl/N-ethyl adjacent to an activating group) is 2. The maximum atomic E-state index is 11.7. The van der Waals surface area contributed by atoms with Crippen molar-refractivity contribution in [2.75, 3.05) is 34.2 Å². The van der Waals surface area contributed by atoms with Crippen molar-refractivity contribution in [2.24, 2.45) is 0 Å². The number of nitrogens with one attached hydrogen (secondary N) is 1. The lowest BCUT2D eigenvalue weighted by Gasteiger charge is -2.19. The van der Waals surface area contributed by atoms with Gasteiger partial charge in [0.15, 0.2) is 0 Å². The molecule has 104 valence electrons. The number of hydrogen-bond donors (Lipinski definition) is 1. The van der Waals surface area contributed by atoms with Gasteiger partial charge in [0.25, 0.3) is 5.91 Å². The minimum atomic E-state index is -0.305. The fourth-order valence-electron chi connectivity index (χ4n) is 1.22. The van der Waals surface area contributed by atoms with Crippen molar-refractivity contribution in [1.29, 1.82) is 0 Å². The summed E-state index contributed by atoms with van der Waals surface area (Å²) in [7, 11) is 4.78. The first kappa shape index (κ1) is 15.2. The van der Waals surface area contributed by atoms with E-state index in [9.17, 15) is 14.4 Å². The average Bonchev–Trinajstić information content (AvgIpc) is 2.88. The molecule has 1 aromatic heterocycles. The predicted molar refractivity (Wildman–Crippen MR) is 73.0 cm³/mol. The van der Waals surface area contributed by atoms with E-state index in [1.165, 1.54) is 28.2 Å². The second-order valence-corrected chi connectivity index (χ2v) is 5.15. The Bertz CT molecular complexity index is 457. The van der Waals surface area contributed by atoms with Crippen molar-refractivity contribution in [3.63, 3.8) is 0 Å². The Kier molecular flexibility index (Phi) is 5.50. The second kappa shape index (κ2) is 6.89. The molecule has 0 aromatic carbocycles. The van der Waals surface area contributed by atoms with Gasteiger partial charge >= 0.3 is 0 Å². The summed E-state index contributed by atoms with van der Waals surface area (Å²) in [6.45, 7) is -0.116. The van der Waals surface area contributed by atoms with Crippen molar-refractivity contribution in [3.05, 3.63) is 22.4 Å². The summed E-state index contributed by atoms with van der Waals surface area (Å²) < 4.78 is 0. The summed E-state index contributed by atoms with van der Waals surface area (Å²) in [5, 5.41) is 4.31. The highest BCUT2D eigenvalue weighted by Gasteiger charge is 2.15. The van der Waals surface area contributed by atoms with Gasteiger partial charge in [0.2, 0.25) is 11.8 Å². The minimum absolute atomic E-state index is 0.000700. The van der Waals surface area contributed by atoms with Crippen LogP contribution in [0.3, 0.4) is 0 Å². The third-order valence-electron chi connectivity index (χ3n) is 2.44. The molecule has 7 heteroatoms. The molecule has 0 atom stereocenters. The Morgan fingerprint density at radius 3 is 2.42 bits per heavy atom. The van der Waals surface area contributed by atoms with Crippen LogP contribution in [0.2, 0.25) is 0 Å². The van der Waals surface area contributed by atoms with E-state index in [0.29, 0.717) is 4.88 Å². The van der Waals surface area contributed by atoms with Crippen LogP contribution >= 0.6 is 11.3 Å². The first-order valence-corrected chi connectivity index (χ1v) is 6.55. The van der Waals surface area contributed by atoms with Crippen LogP contribution in [0.25, 0.3) is 0 Å². The van der Waals surface area contributed by atoms with E-state index in [4.69, 9.17) is 0 Å². The highest BCUT2D eigenvalue weighted by atomic mass is 32.1. The van der Waals surface area contributed by atoms with Crippen molar-refractivity contribution in [3.8, 4) is 0 Å².